The molecule has 0 aliphatic rings. The molecule has 0 aliphatic heterocycles. The van der Waals surface area contributed by atoms with Gasteiger partial charge < -0.3 is 0 Å². The maximum atomic E-state index is 10.8. The molecule has 84 valence electrons. The van der Waals surface area contributed by atoms with Crippen LogP contribution >= 0.6 is 11.3 Å². The summed E-state index contributed by atoms with van der Waals surface area (Å²) in [7, 11) is 0. The van der Waals surface area contributed by atoms with Crippen molar-refractivity contribution in [3.63, 3.8) is 0 Å². The summed E-state index contributed by atoms with van der Waals surface area (Å²) in [6.07, 6.45) is 2.02. The number of hydrogen-bond donors (Lipinski definition) is 0. The van der Waals surface area contributed by atoms with Crippen LogP contribution in [0.1, 0.15) is 60.6 Å². The molecule has 0 N–H and O–H groups in total. The first-order chi connectivity index (χ1) is 6.83. The van der Waals surface area contributed by atoms with Crippen molar-refractivity contribution in [1.29, 1.82) is 0 Å². The van der Waals surface area contributed by atoms with Crippen LogP contribution in [0, 0.1) is 5.41 Å². The zero-order valence-electron chi connectivity index (χ0n) is 10.3. The monoisotopic (exact) mass is 224 g/mol. The molecule has 1 nitrogen and oxygen atoms in total. The van der Waals surface area contributed by atoms with Crippen molar-refractivity contribution in [2.24, 2.45) is 5.41 Å². The molecule has 0 spiro atoms. The molecule has 0 bridgehead atoms. The summed E-state index contributed by atoms with van der Waals surface area (Å²) in [6.45, 7) is 11.1. The molecule has 0 saturated heterocycles. The summed E-state index contributed by atoms with van der Waals surface area (Å²) in [5, 5.41) is 0. The van der Waals surface area contributed by atoms with Crippen molar-refractivity contribution in [2.45, 2.75) is 47.0 Å². The van der Waals surface area contributed by atoms with Gasteiger partial charge >= 0.3 is 0 Å². The molecular formula is C13H20OS. The highest BCUT2D eigenvalue weighted by Crippen LogP contribution is 2.33. The van der Waals surface area contributed by atoms with Gasteiger partial charge in [0.05, 0.1) is 4.88 Å². The number of carbonyl (C=O) groups is 1. The molecule has 1 aromatic heterocycles. The largest absolute Gasteiger partial charge is 0.297 e. The highest BCUT2D eigenvalue weighted by Gasteiger charge is 2.18. The smallest absolute Gasteiger partial charge is 0.160 e. The average molecular weight is 224 g/mol. The lowest BCUT2D eigenvalue weighted by atomic mass is 9.89. The van der Waals surface area contributed by atoms with Crippen molar-refractivity contribution in [2.75, 3.05) is 0 Å². The van der Waals surface area contributed by atoms with E-state index in [4.69, 9.17) is 0 Å². The van der Waals surface area contributed by atoms with E-state index in [1.165, 1.54) is 10.4 Å². The van der Waals surface area contributed by atoms with Crippen LogP contribution in [-0.2, 0) is 6.42 Å². The fourth-order valence-corrected chi connectivity index (χ4v) is 3.07. The summed E-state index contributed by atoms with van der Waals surface area (Å²) >= 11 is 1.65. The third-order valence-electron chi connectivity index (χ3n) is 2.29. The summed E-state index contributed by atoms with van der Waals surface area (Å²) in [6, 6.07) is 2.05. The lowest BCUT2D eigenvalue weighted by Gasteiger charge is -2.18. The van der Waals surface area contributed by atoms with Crippen molar-refractivity contribution < 1.29 is 4.79 Å². The first-order valence-corrected chi connectivity index (χ1v) is 6.23. The second-order valence-electron chi connectivity index (χ2n) is 5.54. The van der Waals surface area contributed by atoms with Crippen LogP contribution in [0.2, 0.25) is 0 Å². The molecule has 0 aromatic carbocycles. The molecule has 0 aliphatic carbocycles. The van der Waals surface area contributed by atoms with Gasteiger partial charge in [-0.25, -0.2) is 0 Å². The molecule has 2 heteroatoms. The Labute approximate surface area is 96.5 Å². The number of hydrogen-bond acceptors (Lipinski definition) is 2. The number of carbonyl (C=O) groups excluding carboxylic acids is 1. The van der Waals surface area contributed by atoms with Gasteiger partial charge in [-0.15, -0.1) is 11.3 Å². The molecule has 0 atom stereocenters. The Morgan fingerprint density at radius 2 is 2.00 bits per heavy atom. The third kappa shape index (κ3) is 3.45. The lowest BCUT2D eigenvalue weighted by Crippen LogP contribution is -2.09. The van der Waals surface area contributed by atoms with Gasteiger partial charge in [0.1, 0.15) is 0 Å². The van der Waals surface area contributed by atoms with Gasteiger partial charge in [-0.3, -0.25) is 4.79 Å². The van der Waals surface area contributed by atoms with E-state index >= 15 is 0 Å². The molecule has 1 rings (SSSR count). The molecule has 15 heavy (non-hydrogen) atoms. The first-order valence-electron chi connectivity index (χ1n) is 5.41. The van der Waals surface area contributed by atoms with E-state index in [1.54, 1.807) is 11.3 Å². The van der Waals surface area contributed by atoms with Crippen LogP contribution in [0.4, 0.5) is 0 Å². The van der Waals surface area contributed by atoms with E-state index in [0.717, 1.165) is 17.6 Å². The summed E-state index contributed by atoms with van der Waals surface area (Å²) in [5.74, 6) is 0.507. The Morgan fingerprint density at radius 3 is 2.40 bits per heavy atom. The first kappa shape index (κ1) is 12.4. The van der Waals surface area contributed by atoms with Crippen LogP contribution in [-0.4, -0.2) is 6.29 Å². The van der Waals surface area contributed by atoms with Crippen molar-refractivity contribution in [3.05, 3.63) is 21.4 Å². The van der Waals surface area contributed by atoms with Gasteiger partial charge in [-0.1, -0.05) is 34.6 Å². The fourth-order valence-electron chi connectivity index (χ4n) is 1.63. The zero-order chi connectivity index (χ0) is 11.6. The van der Waals surface area contributed by atoms with E-state index in [0.29, 0.717) is 5.92 Å². The Kier molecular flexibility index (Phi) is 3.72. The van der Waals surface area contributed by atoms with Crippen LogP contribution < -0.4 is 0 Å². The zero-order valence-corrected chi connectivity index (χ0v) is 11.1. The molecule has 1 aromatic rings. The fraction of sp³-hybridized carbons (Fsp3) is 0.615. The molecule has 0 saturated carbocycles. The minimum Gasteiger partial charge on any atom is -0.297 e. The second-order valence-corrected chi connectivity index (χ2v) is 6.71. The Hall–Kier alpha value is -0.630. The third-order valence-corrected chi connectivity index (χ3v) is 3.37. The van der Waals surface area contributed by atoms with Gasteiger partial charge in [-0.2, -0.15) is 0 Å². The highest BCUT2D eigenvalue weighted by molar-refractivity contribution is 7.13. The molecule has 0 amide bonds. The summed E-state index contributed by atoms with van der Waals surface area (Å²) < 4.78 is 0. The van der Waals surface area contributed by atoms with E-state index in [-0.39, 0.29) is 5.41 Å². The quantitative estimate of drug-likeness (QED) is 0.701. The molecule has 1 heterocycles. The van der Waals surface area contributed by atoms with Crippen LogP contribution in [0.25, 0.3) is 0 Å². The summed E-state index contributed by atoms with van der Waals surface area (Å²) in [4.78, 5) is 13.0. The van der Waals surface area contributed by atoms with Gasteiger partial charge in [0.15, 0.2) is 6.29 Å². The Morgan fingerprint density at radius 1 is 1.40 bits per heavy atom. The van der Waals surface area contributed by atoms with E-state index in [1.807, 2.05) is 6.07 Å². The van der Waals surface area contributed by atoms with E-state index < -0.39 is 0 Å². The van der Waals surface area contributed by atoms with Gasteiger partial charge in [0, 0.05) is 4.88 Å². The summed E-state index contributed by atoms with van der Waals surface area (Å²) in [5.41, 5.74) is 1.63. The average Bonchev–Trinajstić information content (AvgIpc) is 2.44. The maximum absolute atomic E-state index is 10.8. The number of thiophene rings is 1. The van der Waals surface area contributed by atoms with Crippen LogP contribution in [0.15, 0.2) is 6.07 Å². The predicted molar refractivity (Wildman–Crippen MR) is 67.0 cm³/mol. The normalized spacial score (nSPS) is 12.1. The molecule has 0 radical (unpaired) electrons. The van der Waals surface area contributed by atoms with Crippen molar-refractivity contribution >= 4 is 17.6 Å². The minimum absolute atomic E-state index is 0.286. The minimum atomic E-state index is 0.286. The molecule has 0 fully saturated rings. The number of aldehydes is 1. The Balaban J connectivity index is 3.04. The SMILES string of the molecule is CC(C)c1cc(C=O)sc1CC(C)(C)C. The van der Waals surface area contributed by atoms with E-state index in [2.05, 4.69) is 34.6 Å². The van der Waals surface area contributed by atoms with Crippen molar-refractivity contribution in [3.8, 4) is 0 Å². The number of rotatable bonds is 3. The Bertz CT molecular complexity index is 342. The predicted octanol–water partition coefficient (Wildman–Crippen LogP) is 4.27. The van der Waals surface area contributed by atoms with Crippen LogP contribution in [0.5, 0.6) is 0 Å². The lowest BCUT2D eigenvalue weighted by molar-refractivity contribution is 0.112. The topological polar surface area (TPSA) is 17.1 Å². The van der Waals surface area contributed by atoms with Gasteiger partial charge in [-0.05, 0) is 29.4 Å². The van der Waals surface area contributed by atoms with Crippen molar-refractivity contribution in [1.82, 2.24) is 0 Å². The van der Waals surface area contributed by atoms with Crippen LogP contribution in [0.3, 0.4) is 0 Å². The van der Waals surface area contributed by atoms with E-state index in [9.17, 15) is 4.79 Å². The highest BCUT2D eigenvalue weighted by atomic mass is 32.1. The molecular weight excluding hydrogens is 204 g/mol. The standard InChI is InChI=1S/C13H20OS/c1-9(2)11-6-10(8-14)15-12(11)7-13(3,4)5/h6,8-9H,7H2,1-5H3. The van der Waals surface area contributed by atoms with Gasteiger partial charge in [0.25, 0.3) is 0 Å². The second kappa shape index (κ2) is 4.48. The molecule has 0 unspecified atom stereocenters. The van der Waals surface area contributed by atoms with Gasteiger partial charge in [0.2, 0.25) is 0 Å². The maximum Gasteiger partial charge on any atom is 0.160 e.